The van der Waals surface area contributed by atoms with E-state index in [1.807, 2.05) is 24.0 Å². The number of aromatic nitrogens is 2. The molecule has 1 N–H and O–H groups in total. The standard InChI is InChI=1S/C10H18N4/c1-3-14-7-4-9(8-14)11-10-5-6-13(2)12-10/h5-6,9H,3-4,7-8H2,1-2H3,(H,11,12). The molecular weight excluding hydrogens is 176 g/mol. The van der Waals surface area contributed by atoms with Gasteiger partial charge < -0.3 is 10.2 Å². The van der Waals surface area contributed by atoms with E-state index in [4.69, 9.17) is 0 Å². The van der Waals surface area contributed by atoms with Crippen molar-refractivity contribution < 1.29 is 0 Å². The second kappa shape index (κ2) is 4.00. The summed E-state index contributed by atoms with van der Waals surface area (Å²) in [6.45, 7) is 5.72. The van der Waals surface area contributed by atoms with Gasteiger partial charge in [0.1, 0.15) is 5.82 Å². The minimum atomic E-state index is 0.574. The van der Waals surface area contributed by atoms with Crippen molar-refractivity contribution in [1.82, 2.24) is 14.7 Å². The molecule has 1 aromatic heterocycles. The highest BCUT2D eigenvalue weighted by molar-refractivity contribution is 5.33. The predicted octanol–water partition coefficient (Wildman–Crippen LogP) is 0.926. The van der Waals surface area contributed by atoms with E-state index in [9.17, 15) is 0 Å². The molecule has 0 aliphatic carbocycles. The molecule has 4 nitrogen and oxygen atoms in total. The molecule has 78 valence electrons. The first kappa shape index (κ1) is 9.52. The fourth-order valence-corrected chi connectivity index (χ4v) is 1.94. The number of nitrogens with one attached hydrogen (secondary N) is 1. The lowest BCUT2D eigenvalue weighted by atomic mass is 10.3. The minimum Gasteiger partial charge on any atom is -0.365 e. The molecule has 0 saturated carbocycles. The van der Waals surface area contributed by atoms with Gasteiger partial charge in [-0.15, -0.1) is 0 Å². The molecule has 1 fully saturated rings. The molecular formula is C10H18N4. The van der Waals surface area contributed by atoms with Crippen LogP contribution in [0.4, 0.5) is 5.82 Å². The number of likely N-dealkylation sites (tertiary alicyclic amines) is 1. The molecule has 0 spiro atoms. The summed E-state index contributed by atoms with van der Waals surface area (Å²) < 4.78 is 1.83. The van der Waals surface area contributed by atoms with E-state index >= 15 is 0 Å². The quantitative estimate of drug-likeness (QED) is 0.777. The third kappa shape index (κ3) is 2.07. The van der Waals surface area contributed by atoms with Gasteiger partial charge in [-0.1, -0.05) is 6.92 Å². The number of nitrogens with zero attached hydrogens (tertiary/aromatic N) is 3. The SMILES string of the molecule is CCN1CCC(Nc2ccn(C)n2)C1. The smallest absolute Gasteiger partial charge is 0.148 e. The molecule has 1 aliphatic heterocycles. The molecule has 0 bridgehead atoms. The van der Waals surface area contributed by atoms with Crippen LogP contribution in [0.2, 0.25) is 0 Å². The van der Waals surface area contributed by atoms with E-state index < -0.39 is 0 Å². The number of likely N-dealkylation sites (N-methyl/N-ethyl adjacent to an activating group) is 1. The van der Waals surface area contributed by atoms with Gasteiger partial charge >= 0.3 is 0 Å². The van der Waals surface area contributed by atoms with Gasteiger partial charge in [0.2, 0.25) is 0 Å². The first-order chi connectivity index (χ1) is 6.78. The third-order valence-corrected chi connectivity index (χ3v) is 2.79. The van der Waals surface area contributed by atoms with Gasteiger partial charge in [0.05, 0.1) is 0 Å². The molecule has 1 aromatic rings. The summed E-state index contributed by atoms with van der Waals surface area (Å²) in [5.74, 6) is 0.996. The Morgan fingerprint density at radius 1 is 1.64 bits per heavy atom. The molecule has 2 heterocycles. The van der Waals surface area contributed by atoms with Gasteiger partial charge in [0.25, 0.3) is 0 Å². The highest BCUT2D eigenvalue weighted by Gasteiger charge is 2.20. The second-order valence-electron chi connectivity index (χ2n) is 3.90. The summed E-state index contributed by atoms with van der Waals surface area (Å²) in [6.07, 6.45) is 3.19. The van der Waals surface area contributed by atoms with Crippen LogP contribution < -0.4 is 5.32 Å². The summed E-state index contributed by atoms with van der Waals surface area (Å²) >= 11 is 0. The maximum Gasteiger partial charge on any atom is 0.148 e. The first-order valence-electron chi connectivity index (χ1n) is 5.26. The highest BCUT2D eigenvalue weighted by Crippen LogP contribution is 2.13. The summed E-state index contributed by atoms with van der Waals surface area (Å²) in [6, 6.07) is 2.60. The van der Waals surface area contributed by atoms with E-state index in [1.165, 1.54) is 13.0 Å². The molecule has 1 saturated heterocycles. The van der Waals surface area contributed by atoms with Crippen molar-refractivity contribution in [3.63, 3.8) is 0 Å². The molecule has 2 rings (SSSR count). The van der Waals surface area contributed by atoms with Crippen molar-refractivity contribution in [3.8, 4) is 0 Å². The Morgan fingerprint density at radius 2 is 2.50 bits per heavy atom. The number of aryl methyl sites for hydroxylation is 1. The van der Waals surface area contributed by atoms with E-state index in [2.05, 4.69) is 22.2 Å². The monoisotopic (exact) mass is 194 g/mol. The normalized spacial score (nSPS) is 22.9. The van der Waals surface area contributed by atoms with E-state index in [0.29, 0.717) is 6.04 Å². The van der Waals surface area contributed by atoms with Crippen LogP contribution in [-0.2, 0) is 7.05 Å². The Hall–Kier alpha value is -1.03. The zero-order valence-corrected chi connectivity index (χ0v) is 8.90. The van der Waals surface area contributed by atoms with Gasteiger partial charge in [0, 0.05) is 38.4 Å². The lowest BCUT2D eigenvalue weighted by Gasteiger charge is -2.13. The summed E-state index contributed by atoms with van der Waals surface area (Å²) in [7, 11) is 1.94. The maximum absolute atomic E-state index is 4.31. The van der Waals surface area contributed by atoms with Crippen LogP contribution in [-0.4, -0.2) is 40.4 Å². The zero-order valence-electron chi connectivity index (χ0n) is 8.90. The van der Waals surface area contributed by atoms with E-state index in [-0.39, 0.29) is 0 Å². The van der Waals surface area contributed by atoms with E-state index in [0.717, 1.165) is 18.9 Å². The maximum atomic E-state index is 4.31. The Balaban J connectivity index is 1.87. The van der Waals surface area contributed by atoms with Crippen LogP contribution in [0.25, 0.3) is 0 Å². The lowest BCUT2D eigenvalue weighted by molar-refractivity contribution is 0.356. The van der Waals surface area contributed by atoms with Crippen LogP contribution in [0, 0.1) is 0 Å². The molecule has 14 heavy (non-hydrogen) atoms. The average Bonchev–Trinajstić information content (AvgIpc) is 2.76. The van der Waals surface area contributed by atoms with Crippen LogP contribution in [0.3, 0.4) is 0 Å². The third-order valence-electron chi connectivity index (χ3n) is 2.79. The Kier molecular flexibility index (Phi) is 2.72. The van der Waals surface area contributed by atoms with Crippen molar-refractivity contribution in [3.05, 3.63) is 12.3 Å². The Labute approximate surface area is 84.9 Å². The zero-order chi connectivity index (χ0) is 9.97. The molecule has 1 atom stereocenters. The number of rotatable bonds is 3. The van der Waals surface area contributed by atoms with Gasteiger partial charge in [0.15, 0.2) is 0 Å². The average molecular weight is 194 g/mol. The molecule has 0 aromatic carbocycles. The van der Waals surface area contributed by atoms with E-state index in [1.54, 1.807) is 0 Å². The fraction of sp³-hybridized carbons (Fsp3) is 0.700. The largest absolute Gasteiger partial charge is 0.365 e. The van der Waals surface area contributed by atoms with Crippen LogP contribution in [0.1, 0.15) is 13.3 Å². The predicted molar refractivity (Wildman–Crippen MR) is 57.3 cm³/mol. The van der Waals surface area contributed by atoms with Crippen molar-refractivity contribution in [2.24, 2.45) is 7.05 Å². The number of anilines is 1. The fourth-order valence-electron chi connectivity index (χ4n) is 1.94. The molecule has 1 aliphatic rings. The van der Waals surface area contributed by atoms with Crippen LogP contribution in [0.15, 0.2) is 12.3 Å². The minimum absolute atomic E-state index is 0.574. The highest BCUT2D eigenvalue weighted by atomic mass is 15.3. The van der Waals surface area contributed by atoms with Crippen molar-refractivity contribution in [2.75, 3.05) is 25.0 Å². The number of hydrogen-bond donors (Lipinski definition) is 1. The van der Waals surface area contributed by atoms with Gasteiger partial charge in [-0.2, -0.15) is 5.10 Å². The topological polar surface area (TPSA) is 33.1 Å². The molecule has 4 heteroatoms. The molecule has 0 amide bonds. The summed E-state index contributed by atoms with van der Waals surface area (Å²) in [4.78, 5) is 2.46. The van der Waals surface area contributed by atoms with Crippen molar-refractivity contribution >= 4 is 5.82 Å². The first-order valence-corrected chi connectivity index (χ1v) is 5.26. The summed E-state index contributed by atoms with van der Waals surface area (Å²) in [5.41, 5.74) is 0. The Morgan fingerprint density at radius 3 is 3.07 bits per heavy atom. The Bertz CT molecular complexity index is 294. The van der Waals surface area contributed by atoms with Crippen LogP contribution in [0.5, 0.6) is 0 Å². The molecule has 0 radical (unpaired) electrons. The van der Waals surface area contributed by atoms with Crippen molar-refractivity contribution in [1.29, 1.82) is 0 Å². The van der Waals surface area contributed by atoms with Gasteiger partial charge in [-0.25, -0.2) is 0 Å². The lowest BCUT2D eigenvalue weighted by Crippen LogP contribution is -2.26. The van der Waals surface area contributed by atoms with Gasteiger partial charge in [-0.3, -0.25) is 4.68 Å². The van der Waals surface area contributed by atoms with Crippen molar-refractivity contribution in [2.45, 2.75) is 19.4 Å². The molecule has 1 unspecified atom stereocenters. The number of hydrogen-bond acceptors (Lipinski definition) is 3. The second-order valence-corrected chi connectivity index (χ2v) is 3.90. The van der Waals surface area contributed by atoms with Crippen LogP contribution >= 0.6 is 0 Å². The van der Waals surface area contributed by atoms with Gasteiger partial charge in [-0.05, 0) is 13.0 Å². The summed E-state index contributed by atoms with van der Waals surface area (Å²) in [5, 5.41) is 7.76.